The second-order valence-corrected chi connectivity index (χ2v) is 8.40. The van der Waals surface area contributed by atoms with Gasteiger partial charge in [0.2, 0.25) is 0 Å². The Morgan fingerprint density at radius 3 is 2.23 bits per heavy atom. The molecule has 2 aromatic carbocycles. The average molecular weight is 483 g/mol. The van der Waals surface area contributed by atoms with Crippen LogP contribution < -0.4 is 10.3 Å². The number of nitrogens with one attached hydrogen (secondary N) is 1. The summed E-state index contributed by atoms with van der Waals surface area (Å²) in [4.78, 5) is 12.3. The van der Waals surface area contributed by atoms with Crippen LogP contribution in [0.25, 0.3) is 0 Å². The fourth-order valence-corrected chi connectivity index (χ4v) is 4.06. The summed E-state index contributed by atoms with van der Waals surface area (Å²) in [6.45, 7) is 4.66. The molecule has 2 aromatic rings. The molecule has 4 rings (SSSR count). The third kappa shape index (κ3) is 8.36. The predicted octanol–water partition coefficient (Wildman–Crippen LogP) is 7.37. The first-order valence-corrected chi connectivity index (χ1v) is 12.0. The first-order valence-electron chi connectivity index (χ1n) is 10.8. The number of hydrogen-bond acceptors (Lipinski definition) is 3. The molecular formula is C24H30Cl3N3O. The molecule has 2 aliphatic rings. The third-order valence-corrected chi connectivity index (χ3v) is 5.72. The maximum atomic E-state index is 12.3. The van der Waals surface area contributed by atoms with E-state index in [0.717, 1.165) is 23.6 Å². The highest BCUT2D eigenvalue weighted by atomic mass is 35.5. The fraction of sp³-hybridized carbons (Fsp3) is 0.417. The van der Waals surface area contributed by atoms with Crippen molar-refractivity contribution in [3.8, 4) is 0 Å². The van der Waals surface area contributed by atoms with Crippen molar-refractivity contribution in [2.24, 2.45) is 5.10 Å². The van der Waals surface area contributed by atoms with Crippen LogP contribution in [0.1, 0.15) is 52.4 Å². The van der Waals surface area contributed by atoms with Gasteiger partial charge in [0.15, 0.2) is 0 Å². The fourth-order valence-electron chi connectivity index (χ4n) is 3.41. The predicted molar refractivity (Wildman–Crippen MR) is 134 cm³/mol. The molecule has 4 nitrogen and oxygen atoms in total. The van der Waals surface area contributed by atoms with Gasteiger partial charge in [0.1, 0.15) is 5.71 Å². The number of rotatable bonds is 3. The quantitative estimate of drug-likeness (QED) is 0.496. The Balaban J connectivity index is 0.000000319. The van der Waals surface area contributed by atoms with Gasteiger partial charge in [-0.1, -0.05) is 86.1 Å². The molecule has 0 radical (unpaired) electrons. The minimum atomic E-state index is -0.0421. The van der Waals surface area contributed by atoms with Gasteiger partial charge >= 0.3 is 0 Å². The molecular weight excluding hydrogens is 453 g/mol. The number of anilines is 1. The van der Waals surface area contributed by atoms with Crippen molar-refractivity contribution in [1.29, 1.82) is 0 Å². The zero-order valence-corrected chi connectivity index (χ0v) is 20.4. The van der Waals surface area contributed by atoms with Crippen LogP contribution in [0.4, 0.5) is 5.69 Å². The molecule has 0 atom stereocenters. The molecule has 0 saturated heterocycles. The Morgan fingerprint density at radius 2 is 1.65 bits per heavy atom. The Labute approximate surface area is 200 Å². The molecule has 1 amide bonds. The van der Waals surface area contributed by atoms with Crippen molar-refractivity contribution in [3.63, 3.8) is 0 Å². The van der Waals surface area contributed by atoms with Crippen LogP contribution in [-0.4, -0.2) is 24.2 Å². The van der Waals surface area contributed by atoms with E-state index in [2.05, 4.69) is 10.4 Å². The Kier molecular flexibility index (Phi) is 11.2. The van der Waals surface area contributed by atoms with Crippen molar-refractivity contribution in [2.75, 3.05) is 11.6 Å². The van der Waals surface area contributed by atoms with Crippen molar-refractivity contribution < 1.29 is 4.79 Å². The molecule has 1 N–H and O–H groups in total. The number of halogens is 3. The van der Waals surface area contributed by atoms with E-state index in [1.165, 1.54) is 19.3 Å². The van der Waals surface area contributed by atoms with E-state index in [-0.39, 0.29) is 5.91 Å². The zero-order valence-electron chi connectivity index (χ0n) is 18.1. The zero-order chi connectivity index (χ0) is 22.6. The normalized spacial score (nSPS) is 15.8. The summed E-state index contributed by atoms with van der Waals surface area (Å²) in [5, 5.41) is 11.2. The summed E-state index contributed by atoms with van der Waals surface area (Å²) in [6.07, 6.45) is 6.46. The lowest BCUT2D eigenvalue weighted by Gasteiger charge is -2.22. The van der Waals surface area contributed by atoms with Crippen LogP contribution in [0.2, 0.25) is 15.1 Å². The maximum Gasteiger partial charge on any atom is 0.267 e. The van der Waals surface area contributed by atoms with Gasteiger partial charge in [-0.15, -0.1) is 0 Å². The number of amides is 1. The van der Waals surface area contributed by atoms with E-state index in [1.807, 2.05) is 50.2 Å². The summed E-state index contributed by atoms with van der Waals surface area (Å²) in [7, 11) is 0. The molecule has 1 heterocycles. The first kappa shape index (κ1) is 25.5. The largest absolute Gasteiger partial charge is 0.348 e. The van der Waals surface area contributed by atoms with Gasteiger partial charge in [-0.3, -0.25) is 9.80 Å². The van der Waals surface area contributed by atoms with Gasteiger partial charge in [0.25, 0.3) is 5.91 Å². The Morgan fingerprint density at radius 1 is 0.968 bits per heavy atom. The van der Waals surface area contributed by atoms with Crippen LogP contribution in [0.3, 0.4) is 0 Å². The highest BCUT2D eigenvalue weighted by Crippen LogP contribution is 2.30. The van der Waals surface area contributed by atoms with Gasteiger partial charge in [-0.2, -0.15) is 5.10 Å². The van der Waals surface area contributed by atoms with Gasteiger partial charge in [-0.05, 0) is 43.2 Å². The van der Waals surface area contributed by atoms with E-state index in [0.29, 0.717) is 34.8 Å². The van der Waals surface area contributed by atoms with Crippen LogP contribution in [0.5, 0.6) is 0 Å². The van der Waals surface area contributed by atoms with Crippen molar-refractivity contribution >= 4 is 52.1 Å². The summed E-state index contributed by atoms with van der Waals surface area (Å²) in [5.74, 6) is -0.0421. The summed E-state index contributed by atoms with van der Waals surface area (Å²) in [6, 6.07) is 15.0. The monoisotopic (exact) mass is 481 g/mol. The Bertz CT molecular complexity index is 852. The molecule has 1 aliphatic carbocycles. The van der Waals surface area contributed by atoms with E-state index < -0.39 is 0 Å². The molecule has 0 aromatic heterocycles. The molecule has 0 spiro atoms. The highest BCUT2D eigenvalue weighted by molar-refractivity contribution is 6.40. The maximum absolute atomic E-state index is 12.3. The molecule has 168 valence electrons. The topological polar surface area (TPSA) is 44.7 Å². The number of hydrogen-bond donors (Lipinski definition) is 1. The lowest BCUT2D eigenvalue weighted by Crippen LogP contribution is -2.39. The second kappa shape index (κ2) is 13.6. The number of benzene rings is 2. The smallest absolute Gasteiger partial charge is 0.267 e. The molecule has 31 heavy (non-hydrogen) atoms. The molecule has 0 bridgehead atoms. The molecule has 1 saturated carbocycles. The SMILES string of the molecule is CC.Clc1ccccc1.O=C(NC1CCCCC1)C1=NN(c2ccc(Cl)cc2Cl)CC1. The number of nitrogens with zero attached hydrogens (tertiary/aromatic N) is 2. The number of hydrazone groups is 1. The molecule has 7 heteroatoms. The number of carbonyl (C=O) groups excluding carboxylic acids is 1. The average Bonchev–Trinajstić information content (AvgIpc) is 3.27. The van der Waals surface area contributed by atoms with Crippen molar-refractivity contribution in [3.05, 3.63) is 63.6 Å². The van der Waals surface area contributed by atoms with Crippen molar-refractivity contribution in [1.82, 2.24) is 5.32 Å². The number of carbonyl (C=O) groups is 1. The lowest BCUT2D eigenvalue weighted by atomic mass is 9.95. The van der Waals surface area contributed by atoms with Crippen molar-refractivity contribution in [2.45, 2.75) is 58.4 Å². The van der Waals surface area contributed by atoms with Gasteiger partial charge in [0.05, 0.1) is 10.7 Å². The summed E-state index contributed by atoms with van der Waals surface area (Å²) < 4.78 is 0. The summed E-state index contributed by atoms with van der Waals surface area (Å²) in [5.41, 5.74) is 1.36. The van der Waals surface area contributed by atoms with Gasteiger partial charge in [-0.25, -0.2) is 0 Å². The van der Waals surface area contributed by atoms with E-state index in [4.69, 9.17) is 34.8 Å². The molecule has 0 unspecified atom stereocenters. The van der Waals surface area contributed by atoms with E-state index in [9.17, 15) is 4.79 Å². The van der Waals surface area contributed by atoms with Gasteiger partial charge in [0, 0.05) is 29.1 Å². The molecule has 1 aliphatic heterocycles. The second-order valence-electron chi connectivity index (χ2n) is 7.12. The van der Waals surface area contributed by atoms with Crippen LogP contribution in [-0.2, 0) is 4.79 Å². The summed E-state index contributed by atoms with van der Waals surface area (Å²) >= 11 is 17.6. The standard InChI is InChI=1S/C16H19Cl2N3O.C6H5Cl.C2H6/c17-11-6-7-15(13(18)10-11)21-9-8-14(20-21)16(22)19-12-4-2-1-3-5-12;7-6-4-2-1-3-5-6;1-2/h6-7,10,12H,1-5,8-9H2,(H,19,22);1-5H;1-2H3. The third-order valence-electron chi connectivity index (χ3n) is 4.93. The minimum Gasteiger partial charge on any atom is -0.348 e. The minimum absolute atomic E-state index is 0.0421. The van der Waals surface area contributed by atoms with E-state index in [1.54, 1.807) is 17.1 Å². The lowest BCUT2D eigenvalue weighted by molar-refractivity contribution is -0.115. The van der Waals surface area contributed by atoms with Crippen LogP contribution in [0, 0.1) is 0 Å². The van der Waals surface area contributed by atoms with Gasteiger partial charge < -0.3 is 5.32 Å². The Hall–Kier alpha value is -1.75. The van der Waals surface area contributed by atoms with Crippen LogP contribution >= 0.6 is 34.8 Å². The molecule has 1 fully saturated rings. The highest BCUT2D eigenvalue weighted by Gasteiger charge is 2.25. The van der Waals surface area contributed by atoms with E-state index >= 15 is 0 Å². The van der Waals surface area contributed by atoms with Crippen LogP contribution in [0.15, 0.2) is 53.6 Å². The first-order chi connectivity index (χ1) is 15.0.